The maximum Gasteiger partial charge on any atom is 0.243 e. The van der Waals surface area contributed by atoms with E-state index in [1.165, 1.54) is 4.31 Å². The highest BCUT2D eigenvalue weighted by Crippen LogP contribution is 2.32. The van der Waals surface area contributed by atoms with Gasteiger partial charge in [0.2, 0.25) is 16.0 Å². The van der Waals surface area contributed by atoms with Gasteiger partial charge in [-0.05, 0) is 31.3 Å². The Morgan fingerprint density at radius 3 is 2.30 bits per heavy atom. The van der Waals surface area contributed by atoms with Crippen molar-refractivity contribution in [3.63, 3.8) is 0 Å². The smallest absolute Gasteiger partial charge is 0.243 e. The third-order valence-corrected chi connectivity index (χ3v) is 8.65. The summed E-state index contributed by atoms with van der Waals surface area (Å²) in [5.41, 5.74) is 1.86. The van der Waals surface area contributed by atoms with E-state index in [0.717, 1.165) is 62.3 Å². The molecule has 2 fully saturated rings. The third-order valence-electron chi connectivity index (χ3n) is 6.54. The normalized spacial score (nSPS) is 20.7. The number of hydrogen-bond donors (Lipinski definition) is 0. The lowest BCUT2D eigenvalue weighted by molar-refractivity contribution is 0.122. The highest BCUT2D eigenvalue weighted by molar-refractivity contribution is 7.89. The SMILES string of the molecule is CN1CCN(c2nc(N3CCOCC3)nc3c2CN(S(=O)(=O)c2ccc(Cl)cc2)CC3)CC1. The fourth-order valence-corrected chi connectivity index (χ4v) is 6.04. The summed E-state index contributed by atoms with van der Waals surface area (Å²) in [6, 6.07) is 6.35. The second kappa shape index (κ2) is 9.34. The molecule has 0 saturated carbocycles. The molecule has 33 heavy (non-hydrogen) atoms. The monoisotopic (exact) mass is 492 g/mol. The van der Waals surface area contributed by atoms with Crippen LogP contribution in [0.4, 0.5) is 11.8 Å². The Balaban J connectivity index is 1.50. The van der Waals surface area contributed by atoms with Gasteiger partial charge in [0.05, 0.1) is 23.8 Å². The first-order valence-corrected chi connectivity index (χ1v) is 13.2. The first kappa shape index (κ1) is 22.8. The summed E-state index contributed by atoms with van der Waals surface area (Å²) in [7, 11) is -1.53. The van der Waals surface area contributed by atoms with Gasteiger partial charge in [0.15, 0.2) is 0 Å². The van der Waals surface area contributed by atoms with Crippen molar-refractivity contribution in [2.24, 2.45) is 0 Å². The molecule has 0 unspecified atom stereocenters. The number of sulfonamides is 1. The molecule has 1 aromatic carbocycles. The van der Waals surface area contributed by atoms with Crippen LogP contribution >= 0.6 is 11.6 Å². The molecule has 0 N–H and O–H groups in total. The van der Waals surface area contributed by atoms with Crippen LogP contribution in [0.25, 0.3) is 0 Å². The lowest BCUT2D eigenvalue weighted by Crippen LogP contribution is -2.46. The molecule has 0 amide bonds. The Morgan fingerprint density at radius 1 is 0.909 bits per heavy atom. The highest BCUT2D eigenvalue weighted by Gasteiger charge is 2.33. The molecule has 1 aromatic heterocycles. The van der Waals surface area contributed by atoms with E-state index < -0.39 is 10.0 Å². The number of anilines is 2. The predicted octanol–water partition coefficient (Wildman–Crippen LogP) is 1.47. The average Bonchev–Trinajstić information content (AvgIpc) is 2.84. The van der Waals surface area contributed by atoms with E-state index in [0.29, 0.717) is 31.2 Å². The van der Waals surface area contributed by atoms with Gasteiger partial charge in [-0.2, -0.15) is 9.29 Å². The van der Waals surface area contributed by atoms with E-state index in [-0.39, 0.29) is 11.4 Å². The lowest BCUT2D eigenvalue weighted by Gasteiger charge is -2.37. The fourth-order valence-electron chi connectivity index (χ4n) is 4.50. The van der Waals surface area contributed by atoms with Crippen LogP contribution in [0.3, 0.4) is 0 Å². The van der Waals surface area contributed by atoms with Crippen molar-refractivity contribution in [1.82, 2.24) is 19.2 Å². The zero-order chi connectivity index (χ0) is 23.0. The minimum absolute atomic E-state index is 0.252. The van der Waals surface area contributed by atoms with Gasteiger partial charge in [-0.3, -0.25) is 0 Å². The van der Waals surface area contributed by atoms with E-state index in [4.69, 9.17) is 26.3 Å². The number of morpholine rings is 1. The number of hydrogen-bond acceptors (Lipinski definition) is 8. The molecule has 5 rings (SSSR count). The number of rotatable bonds is 4. The number of nitrogens with zero attached hydrogens (tertiary/aromatic N) is 6. The molecule has 2 saturated heterocycles. The van der Waals surface area contributed by atoms with Crippen LogP contribution in [0.2, 0.25) is 5.02 Å². The van der Waals surface area contributed by atoms with Crippen molar-refractivity contribution >= 4 is 33.4 Å². The van der Waals surface area contributed by atoms with Gasteiger partial charge in [0.1, 0.15) is 5.82 Å². The molecule has 0 aliphatic carbocycles. The number of likely N-dealkylation sites (N-methyl/N-ethyl adjacent to an activating group) is 1. The number of ether oxygens (including phenoxy) is 1. The Labute approximate surface area is 200 Å². The van der Waals surface area contributed by atoms with Crippen molar-refractivity contribution < 1.29 is 13.2 Å². The van der Waals surface area contributed by atoms with E-state index in [1.54, 1.807) is 24.3 Å². The Hall–Kier alpha value is -1.98. The fraction of sp³-hybridized carbons (Fsp3) is 0.545. The van der Waals surface area contributed by atoms with Gasteiger partial charge < -0.3 is 19.4 Å². The van der Waals surface area contributed by atoms with Gasteiger partial charge in [0.25, 0.3) is 0 Å². The summed E-state index contributed by atoms with van der Waals surface area (Å²) >= 11 is 5.96. The van der Waals surface area contributed by atoms with Gasteiger partial charge in [0, 0.05) is 69.4 Å². The lowest BCUT2D eigenvalue weighted by atomic mass is 10.1. The first-order valence-electron chi connectivity index (χ1n) is 11.3. The maximum atomic E-state index is 13.4. The summed E-state index contributed by atoms with van der Waals surface area (Å²) in [6.07, 6.45) is 0.558. The molecule has 4 heterocycles. The second-order valence-electron chi connectivity index (χ2n) is 8.70. The number of piperazine rings is 1. The third kappa shape index (κ3) is 4.67. The molecule has 0 atom stereocenters. The average molecular weight is 493 g/mol. The molecule has 11 heteroatoms. The summed E-state index contributed by atoms with van der Waals surface area (Å²) in [4.78, 5) is 16.9. The quantitative estimate of drug-likeness (QED) is 0.634. The molecule has 9 nitrogen and oxygen atoms in total. The molecule has 0 radical (unpaired) electrons. The van der Waals surface area contributed by atoms with Gasteiger partial charge in [-0.25, -0.2) is 13.4 Å². The molecule has 0 bridgehead atoms. The van der Waals surface area contributed by atoms with Crippen molar-refractivity contribution in [2.45, 2.75) is 17.9 Å². The minimum atomic E-state index is -3.64. The highest BCUT2D eigenvalue weighted by atomic mass is 35.5. The number of aromatic nitrogens is 2. The van der Waals surface area contributed by atoms with Crippen LogP contribution < -0.4 is 9.80 Å². The molecule has 2 aromatic rings. The molecule has 0 spiro atoms. The van der Waals surface area contributed by atoms with Crippen molar-refractivity contribution in [3.05, 3.63) is 40.5 Å². The van der Waals surface area contributed by atoms with Crippen molar-refractivity contribution in [1.29, 1.82) is 0 Å². The molecule has 3 aliphatic rings. The van der Waals surface area contributed by atoms with E-state index in [1.807, 2.05) is 0 Å². The van der Waals surface area contributed by atoms with Crippen LogP contribution in [-0.2, 0) is 27.7 Å². The van der Waals surface area contributed by atoms with E-state index >= 15 is 0 Å². The number of fused-ring (bicyclic) bond motifs is 1. The van der Waals surface area contributed by atoms with Crippen molar-refractivity contribution in [3.8, 4) is 0 Å². The largest absolute Gasteiger partial charge is 0.378 e. The number of halogens is 1. The van der Waals surface area contributed by atoms with E-state index in [9.17, 15) is 8.42 Å². The Bertz CT molecular complexity index is 1100. The van der Waals surface area contributed by atoms with Crippen LogP contribution in [-0.4, -0.2) is 93.7 Å². The molecular weight excluding hydrogens is 464 g/mol. The zero-order valence-electron chi connectivity index (χ0n) is 18.8. The van der Waals surface area contributed by atoms with Gasteiger partial charge in [-0.15, -0.1) is 0 Å². The van der Waals surface area contributed by atoms with Crippen LogP contribution in [0.1, 0.15) is 11.3 Å². The molecule has 178 valence electrons. The van der Waals surface area contributed by atoms with Gasteiger partial charge in [-0.1, -0.05) is 11.6 Å². The summed E-state index contributed by atoms with van der Waals surface area (Å²) < 4.78 is 33.7. The van der Waals surface area contributed by atoms with Crippen LogP contribution in [0, 0.1) is 0 Å². The topological polar surface area (TPSA) is 82.1 Å². The van der Waals surface area contributed by atoms with Crippen molar-refractivity contribution in [2.75, 3.05) is 75.9 Å². The Morgan fingerprint density at radius 2 is 1.61 bits per heavy atom. The minimum Gasteiger partial charge on any atom is -0.378 e. The number of benzene rings is 1. The summed E-state index contributed by atoms with van der Waals surface area (Å²) in [5, 5.41) is 0.513. The summed E-state index contributed by atoms with van der Waals surface area (Å²) in [6.45, 7) is 7.10. The van der Waals surface area contributed by atoms with E-state index in [2.05, 4.69) is 21.7 Å². The molecule has 3 aliphatic heterocycles. The molecular formula is C22H29ClN6O3S. The second-order valence-corrected chi connectivity index (χ2v) is 11.1. The van der Waals surface area contributed by atoms with Crippen LogP contribution in [0.15, 0.2) is 29.2 Å². The zero-order valence-corrected chi connectivity index (χ0v) is 20.4. The summed E-state index contributed by atoms with van der Waals surface area (Å²) in [5.74, 6) is 1.59. The Kier molecular flexibility index (Phi) is 6.45. The first-order chi connectivity index (χ1) is 15.9. The standard InChI is InChI=1S/C22H29ClN6O3S/c1-26-8-10-27(11-9-26)21-19-16-29(33(30,31)18-4-2-17(23)3-5-18)7-6-20(19)24-22(25-21)28-12-14-32-15-13-28/h2-5H,6-16H2,1H3. The maximum absolute atomic E-state index is 13.4. The van der Waals surface area contributed by atoms with Gasteiger partial charge >= 0.3 is 0 Å². The van der Waals surface area contributed by atoms with Crippen LogP contribution in [0.5, 0.6) is 0 Å². The predicted molar refractivity (Wildman–Crippen MR) is 128 cm³/mol.